The molecule has 1 aliphatic carbocycles. The van der Waals surface area contributed by atoms with Gasteiger partial charge in [-0.05, 0) is 50.5 Å². The summed E-state index contributed by atoms with van der Waals surface area (Å²) in [6.07, 6.45) is 18.1. The molecule has 0 radical (unpaired) electrons. The van der Waals surface area contributed by atoms with Crippen molar-refractivity contribution in [1.29, 1.82) is 0 Å². The van der Waals surface area contributed by atoms with Crippen LogP contribution in [0.15, 0.2) is 23.8 Å². The minimum Gasteiger partial charge on any atom is -0.381 e. The van der Waals surface area contributed by atoms with Crippen LogP contribution in [0.3, 0.4) is 0 Å². The molecule has 2 nitrogen and oxygen atoms in total. The van der Waals surface area contributed by atoms with Gasteiger partial charge in [0, 0.05) is 19.8 Å². The Morgan fingerprint density at radius 2 is 1.68 bits per heavy atom. The first-order valence-corrected chi connectivity index (χ1v) is 8.03. The van der Waals surface area contributed by atoms with Gasteiger partial charge >= 0.3 is 0 Å². The van der Waals surface area contributed by atoms with Crippen LogP contribution in [0.2, 0.25) is 0 Å². The summed E-state index contributed by atoms with van der Waals surface area (Å²) in [4.78, 5) is 0. The molecule has 0 amide bonds. The van der Waals surface area contributed by atoms with Gasteiger partial charge in [-0.1, -0.05) is 31.1 Å². The Morgan fingerprint density at radius 3 is 2.63 bits per heavy atom. The van der Waals surface area contributed by atoms with Crippen molar-refractivity contribution in [3.05, 3.63) is 23.8 Å². The van der Waals surface area contributed by atoms with Crippen molar-refractivity contribution < 1.29 is 9.47 Å². The van der Waals surface area contributed by atoms with Crippen molar-refractivity contribution in [1.82, 2.24) is 0 Å². The van der Waals surface area contributed by atoms with E-state index in [-0.39, 0.29) is 0 Å². The van der Waals surface area contributed by atoms with Crippen molar-refractivity contribution in [2.24, 2.45) is 0 Å². The van der Waals surface area contributed by atoms with Crippen LogP contribution < -0.4 is 0 Å². The molecule has 0 saturated carbocycles. The summed E-state index contributed by atoms with van der Waals surface area (Å²) in [5.41, 5.74) is 1.40. The molecule has 19 heavy (non-hydrogen) atoms. The lowest BCUT2D eigenvalue weighted by atomic mass is 9.95. The number of hydrogen-bond acceptors (Lipinski definition) is 2. The topological polar surface area (TPSA) is 18.5 Å². The second-order valence-electron chi connectivity index (χ2n) is 5.57. The van der Waals surface area contributed by atoms with Crippen LogP contribution in [0.25, 0.3) is 0 Å². The van der Waals surface area contributed by atoms with E-state index in [0.29, 0.717) is 6.10 Å². The van der Waals surface area contributed by atoms with E-state index >= 15 is 0 Å². The quantitative estimate of drug-likeness (QED) is 0.645. The smallest absolute Gasteiger partial charge is 0.0821 e. The second-order valence-corrected chi connectivity index (χ2v) is 5.57. The van der Waals surface area contributed by atoms with E-state index in [1.54, 1.807) is 0 Å². The van der Waals surface area contributed by atoms with E-state index in [1.165, 1.54) is 50.5 Å². The van der Waals surface area contributed by atoms with Crippen LogP contribution in [-0.2, 0) is 9.47 Å². The lowest BCUT2D eigenvalue weighted by molar-refractivity contribution is 0.0660. The Balaban J connectivity index is 1.85. The van der Waals surface area contributed by atoms with Gasteiger partial charge in [-0.15, -0.1) is 0 Å². The highest BCUT2D eigenvalue weighted by Gasteiger charge is 2.15. The molecular formula is C17H28O2. The largest absolute Gasteiger partial charge is 0.381 e. The lowest BCUT2D eigenvalue weighted by Crippen LogP contribution is -2.18. The summed E-state index contributed by atoms with van der Waals surface area (Å²) in [6.45, 7) is 2.75. The highest BCUT2D eigenvalue weighted by molar-refractivity contribution is 5.25. The molecule has 2 rings (SSSR count). The van der Waals surface area contributed by atoms with Crippen molar-refractivity contribution in [2.45, 2.75) is 63.9 Å². The Kier molecular flexibility index (Phi) is 7.27. The summed E-state index contributed by atoms with van der Waals surface area (Å²) in [5, 5.41) is 0. The molecule has 0 saturated heterocycles. The molecule has 0 N–H and O–H groups in total. The van der Waals surface area contributed by atoms with Gasteiger partial charge in [0.15, 0.2) is 0 Å². The zero-order valence-electron chi connectivity index (χ0n) is 12.1. The van der Waals surface area contributed by atoms with Crippen molar-refractivity contribution in [3.63, 3.8) is 0 Å². The molecule has 2 aliphatic rings. The maximum Gasteiger partial charge on any atom is 0.0821 e. The van der Waals surface area contributed by atoms with E-state index < -0.39 is 0 Å². The fraction of sp³-hybridized carbons (Fsp3) is 0.765. The van der Waals surface area contributed by atoms with Gasteiger partial charge in [0.1, 0.15) is 0 Å². The first kappa shape index (κ1) is 14.8. The monoisotopic (exact) mass is 264 g/mol. The zero-order valence-corrected chi connectivity index (χ0v) is 12.1. The van der Waals surface area contributed by atoms with Crippen LogP contribution in [0, 0.1) is 0 Å². The maximum atomic E-state index is 6.07. The summed E-state index contributed by atoms with van der Waals surface area (Å²) in [7, 11) is 0. The standard InChI is InChI=1S/C17H28O2/c1-2-9-15-19-17-12-6-5-11-16(17)10-4-3-8-14-18-13-7-1/h4,10-11,17H,1-3,5-9,12-15H2/b10-4+. The van der Waals surface area contributed by atoms with Crippen LogP contribution in [0.1, 0.15) is 57.8 Å². The Hall–Kier alpha value is -0.600. The van der Waals surface area contributed by atoms with Crippen molar-refractivity contribution in [2.75, 3.05) is 19.8 Å². The molecule has 0 aromatic heterocycles. The molecule has 0 aromatic rings. The summed E-state index contributed by atoms with van der Waals surface area (Å²) < 4.78 is 11.7. The number of hydrogen-bond donors (Lipinski definition) is 0. The normalized spacial score (nSPS) is 29.5. The van der Waals surface area contributed by atoms with Gasteiger partial charge in [0.05, 0.1) is 6.10 Å². The summed E-state index contributed by atoms with van der Waals surface area (Å²) >= 11 is 0. The predicted molar refractivity (Wildman–Crippen MR) is 79.3 cm³/mol. The number of allylic oxidation sites excluding steroid dienone is 2. The van der Waals surface area contributed by atoms with Crippen LogP contribution in [0.5, 0.6) is 0 Å². The molecule has 1 heterocycles. The second kappa shape index (κ2) is 9.33. The Morgan fingerprint density at radius 1 is 0.842 bits per heavy atom. The average Bonchev–Trinajstić information content (AvgIpc) is 2.45. The SMILES string of the molecule is C1=C2/C=C/CCCOCCCCCCOC2CCC1. The van der Waals surface area contributed by atoms with Gasteiger partial charge in [-0.25, -0.2) is 0 Å². The van der Waals surface area contributed by atoms with Crippen LogP contribution in [-0.4, -0.2) is 25.9 Å². The highest BCUT2D eigenvalue weighted by atomic mass is 16.5. The predicted octanol–water partition coefficient (Wildman–Crippen LogP) is 4.41. The van der Waals surface area contributed by atoms with E-state index in [4.69, 9.17) is 9.47 Å². The van der Waals surface area contributed by atoms with E-state index in [0.717, 1.165) is 32.7 Å². The third-order valence-electron chi connectivity index (χ3n) is 3.89. The van der Waals surface area contributed by atoms with Gasteiger partial charge in [-0.3, -0.25) is 0 Å². The third-order valence-corrected chi connectivity index (χ3v) is 3.89. The molecular weight excluding hydrogens is 236 g/mol. The van der Waals surface area contributed by atoms with E-state index in [2.05, 4.69) is 18.2 Å². The van der Waals surface area contributed by atoms with Gasteiger partial charge in [0.25, 0.3) is 0 Å². The van der Waals surface area contributed by atoms with Crippen molar-refractivity contribution >= 4 is 0 Å². The average molecular weight is 264 g/mol. The molecule has 0 spiro atoms. The molecule has 2 heteroatoms. The van der Waals surface area contributed by atoms with Gasteiger partial charge in [0.2, 0.25) is 0 Å². The first-order valence-electron chi connectivity index (χ1n) is 8.03. The summed E-state index contributed by atoms with van der Waals surface area (Å²) in [6, 6.07) is 0. The van der Waals surface area contributed by atoms with Crippen molar-refractivity contribution in [3.8, 4) is 0 Å². The van der Waals surface area contributed by atoms with Gasteiger partial charge in [-0.2, -0.15) is 0 Å². The first-order chi connectivity index (χ1) is 9.47. The summed E-state index contributed by atoms with van der Waals surface area (Å²) in [5.74, 6) is 0. The molecule has 0 bridgehead atoms. The Bertz CT molecular complexity index is 294. The molecule has 108 valence electrons. The number of fused-ring (bicyclic) bond motifs is 1. The molecule has 1 atom stereocenters. The molecule has 1 unspecified atom stereocenters. The highest BCUT2D eigenvalue weighted by Crippen LogP contribution is 2.23. The third kappa shape index (κ3) is 5.92. The van der Waals surface area contributed by atoms with Crippen LogP contribution >= 0.6 is 0 Å². The zero-order chi connectivity index (χ0) is 13.2. The van der Waals surface area contributed by atoms with E-state index in [1.807, 2.05) is 0 Å². The number of rotatable bonds is 0. The molecule has 1 aliphatic heterocycles. The van der Waals surface area contributed by atoms with E-state index in [9.17, 15) is 0 Å². The minimum absolute atomic E-state index is 0.353. The van der Waals surface area contributed by atoms with Crippen LogP contribution in [0.4, 0.5) is 0 Å². The maximum absolute atomic E-state index is 6.07. The lowest BCUT2D eigenvalue weighted by Gasteiger charge is -2.23. The minimum atomic E-state index is 0.353. The van der Waals surface area contributed by atoms with Gasteiger partial charge < -0.3 is 9.47 Å². The Labute approximate surface area is 117 Å². The fourth-order valence-electron chi connectivity index (χ4n) is 2.74. The number of ether oxygens (including phenoxy) is 2. The molecule has 0 aromatic carbocycles. The molecule has 0 fully saturated rings. The fourth-order valence-corrected chi connectivity index (χ4v) is 2.74.